The number of nitrogens with one attached hydrogen (secondary N) is 1. The van der Waals surface area contributed by atoms with Crippen molar-refractivity contribution >= 4 is 22.3 Å². The molecular formula is C15H22N4. The maximum atomic E-state index is 6.21. The molecule has 0 bridgehead atoms. The van der Waals surface area contributed by atoms with E-state index >= 15 is 0 Å². The van der Waals surface area contributed by atoms with Crippen molar-refractivity contribution < 1.29 is 0 Å². The Hall–Kier alpha value is -1.81. The molecule has 3 N–H and O–H groups in total. The summed E-state index contributed by atoms with van der Waals surface area (Å²) in [4.78, 5) is 6.49. The van der Waals surface area contributed by atoms with Crippen LogP contribution in [0.2, 0.25) is 0 Å². The van der Waals surface area contributed by atoms with Crippen molar-refractivity contribution in [1.29, 1.82) is 0 Å². The molecule has 0 fully saturated rings. The highest BCUT2D eigenvalue weighted by Gasteiger charge is 2.08. The molecule has 0 aliphatic rings. The molecule has 4 nitrogen and oxygen atoms in total. The van der Waals surface area contributed by atoms with Crippen molar-refractivity contribution in [3.05, 3.63) is 30.5 Å². The SMILES string of the molecule is CC(CCN(C)C)Nc1ccc2ncccc2c1N. The van der Waals surface area contributed by atoms with Crippen LogP contribution in [0.15, 0.2) is 30.5 Å². The quantitative estimate of drug-likeness (QED) is 0.809. The summed E-state index contributed by atoms with van der Waals surface area (Å²) in [6.45, 7) is 3.24. The van der Waals surface area contributed by atoms with Crippen LogP contribution in [0.25, 0.3) is 10.9 Å². The summed E-state index contributed by atoms with van der Waals surface area (Å²) < 4.78 is 0. The average Bonchev–Trinajstić information content (AvgIpc) is 2.40. The van der Waals surface area contributed by atoms with Gasteiger partial charge in [-0.25, -0.2) is 0 Å². The van der Waals surface area contributed by atoms with Crippen molar-refractivity contribution in [2.24, 2.45) is 0 Å². The van der Waals surface area contributed by atoms with Crippen LogP contribution < -0.4 is 11.1 Å². The van der Waals surface area contributed by atoms with Gasteiger partial charge in [-0.15, -0.1) is 0 Å². The molecule has 2 rings (SSSR count). The van der Waals surface area contributed by atoms with E-state index in [0.717, 1.165) is 35.2 Å². The number of hydrogen-bond donors (Lipinski definition) is 2. The lowest BCUT2D eigenvalue weighted by Crippen LogP contribution is -2.23. The van der Waals surface area contributed by atoms with Gasteiger partial charge in [-0.05, 0) is 58.3 Å². The minimum Gasteiger partial charge on any atom is -0.397 e. The van der Waals surface area contributed by atoms with Gasteiger partial charge < -0.3 is 16.0 Å². The minimum absolute atomic E-state index is 0.388. The molecule has 0 aliphatic carbocycles. The van der Waals surface area contributed by atoms with Gasteiger partial charge in [0.05, 0.1) is 16.9 Å². The van der Waals surface area contributed by atoms with Gasteiger partial charge in [0.2, 0.25) is 0 Å². The van der Waals surface area contributed by atoms with Gasteiger partial charge in [0, 0.05) is 17.6 Å². The van der Waals surface area contributed by atoms with E-state index in [1.807, 2.05) is 24.3 Å². The molecule has 0 saturated heterocycles. The van der Waals surface area contributed by atoms with Crippen molar-refractivity contribution in [3.8, 4) is 0 Å². The first-order valence-electron chi connectivity index (χ1n) is 6.62. The highest BCUT2D eigenvalue weighted by atomic mass is 15.1. The van der Waals surface area contributed by atoms with Crippen molar-refractivity contribution in [2.45, 2.75) is 19.4 Å². The summed E-state index contributed by atoms with van der Waals surface area (Å²) in [5.74, 6) is 0. The van der Waals surface area contributed by atoms with Crippen LogP contribution >= 0.6 is 0 Å². The van der Waals surface area contributed by atoms with E-state index in [2.05, 4.69) is 36.2 Å². The first-order chi connectivity index (χ1) is 9.08. The second-order valence-corrected chi connectivity index (χ2v) is 5.23. The van der Waals surface area contributed by atoms with E-state index in [9.17, 15) is 0 Å². The van der Waals surface area contributed by atoms with E-state index in [1.165, 1.54) is 0 Å². The lowest BCUT2D eigenvalue weighted by atomic mass is 10.1. The Kier molecular flexibility index (Phi) is 4.22. The molecule has 1 atom stereocenters. The van der Waals surface area contributed by atoms with Gasteiger partial charge in [0.25, 0.3) is 0 Å². The summed E-state index contributed by atoms with van der Waals surface area (Å²) in [7, 11) is 4.17. The number of rotatable bonds is 5. The number of pyridine rings is 1. The number of anilines is 2. The molecule has 1 unspecified atom stereocenters. The summed E-state index contributed by atoms with van der Waals surface area (Å²) in [5, 5.41) is 4.48. The highest BCUT2D eigenvalue weighted by molar-refractivity contribution is 5.96. The first-order valence-corrected chi connectivity index (χ1v) is 6.62. The van der Waals surface area contributed by atoms with Crippen molar-refractivity contribution in [2.75, 3.05) is 31.7 Å². The van der Waals surface area contributed by atoms with Gasteiger partial charge in [0.1, 0.15) is 0 Å². The molecule has 0 saturated carbocycles. The first kappa shape index (κ1) is 13.6. The molecule has 4 heteroatoms. The molecule has 1 aromatic heterocycles. The number of nitrogens with zero attached hydrogens (tertiary/aromatic N) is 2. The van der Waals surface area contributed by atoms with Crippen LogP contribution in [0.1, 0.15) is 13.3 Å². The lowest BCUT2D eigenvalue weighted by Gasteiger charge is -2.19. The summed E-state index contributed by atoms with van der Waals surface area (Å²) in [5.41, 5.74) is 8.92. The number of aromatic nitrogens is 1. The van der Waals surface area contributed by atoms with E-state index in [-0.39, 0.29) is 0 Å². The minimum atomic E-state index is 0.388. The molecule has 1 heterocycles. The van der Waals surface area contributed by atoms with Gasteiger partial charge in [-0.3, -0.25) is 4.98 Å². The van der Waals surface area contributed by atoms with Gasteiger partial charge in [-0.1, -0.05) is 0 Å². The maximum absolute atomic E-state index is 6.21. The second kappa shape index (κ2) is 5.89. The van der Waals surface area contributed by atoms with Crippen LogP contribution in [-0.4, -0.2) is 36.6 Å². The fourth-order valence-corrected chi connectivity index (χ4v) is 2.09. The van der Waals surface area contributed by atoms with Crippen LogP contribution in [0.5, 0.6) is 0 Å². The zero-order valence-corrected chi connectivity index (χ0v) is 11.9. The zero-order valence-electron chi connectivity index (χ0n) is 11.9. The maximum Gasteiger partial charge on any atom is 0.0724 e. The number of nitrogens with two attached hydrogens (primary N) is 1. The fraction of sp³-hybridized carbons (Fsp3) is 0.400. The Morgan fingerprint density at radius 1 is 1.32 bits per heavy atom. The number of fused-ring (bicyclic) bond motifs is 1. The van der Waals surface area contributed by atoms with E-state index in [4.69, 9.17) is 5.73 Å². The predicted molar refractivity (Wildman–Crippen MR) is 82.4 cm³/mol. The molecule has 0 amide bonds. The van der Waals surface area contributed by atoms with Crippen LogP contribution in [-0.2, 0) is 0 Å². The number of hydrogen-bond acceptors (Lipinski definition) is 4. The molecule has 0 aliphatic heterocycles. The topological polar surface area (TPSA) is 54.2 Å². The third-order valence-corrected chi connectivity index (χ3v) is 3.24. The Morgan fingerprint density at radius 3 is 2.84 bits per heavy atom. The van der Waals surface area contributed by atoms with Gasteiger partial charge >= 0.3 is 0 Å². The Morgan fingerprint density at radius 2 is 2.11 bits per heavy atom. The van der Waals surface area contributed by atoms with E-state index < -0.39 is 0 Å². The van der Waals surface area contributed by atoms with Crippen molar-refractivity contribution in [3.63, 3.8) is 0 Å². The Bertz CT molecular complexity index is 551. The standard InChI is InChI=1S/C15H22N4/c1-11(8-10-19(2)3)18-14-7-6-13-12(15(14)16)5-4-9-17-13/h4-7,9,11,18H,8,10,16H2,1-3H3. The summed E-state index contributed by atoms with van der Waals surface area (Å²) in [6.07, 6.45) is 2.87. The highest BCUT2D eigenvalue weighted by Crippen LogP contribution is 2.28. The predicted octanol–water partition coefficient (Wildman–Crippen LogP) is 2.57. The van der Waals surface area contributed by atoms with Crippen LogP contribution in [0.3, 0.4) is 0 Å². The zero-order chi connectivity index (χ0) is 13.8. The molecule has 0 radical (unpaired) electrons. The molecule has 19 heavy (non-hydrogen) atoms. The summed E-state index contributed by atoms with van der Waals surface area (Å²) in [6, 6.07) is 8.33. The molecular weight excluding hydrogens is 236 g/mol. The number of nitrogen functional groups attached to an aromatic ring is 1. The Labute approximate surface area is 114 Å². The normalized spacial score (nSPS) is 12.8. The summed E-state index contributed by atoms with van der Waals surface area (Å²) >= 11 is 0. The van der Waals surface area contributed by atoms with E-state index in [1.54, 1.807) is 6.20 Å². The Balaban J connectivity index is 2.14. The van der Waals surface area contributed by atoms with Crippen molar-refractivity contribution in [1.82, 2.24) is 9.88 Å². The third kappa shape index (κ3) is 3.35. The smallest absolute Gasteiger partial charge is 0.0724 e. The molecule has 0 spiro atoms. The van der Waals surface area contributed by atoms with Gasteiger partial charge in [-0.2, -0.15) is 0 Å². The molecule has 1 aromatic carbocycles. The number of benzene rings is 1. The molecule has 102 valence electrons. The van der Waals surface area contributed by atoms with Crippen LogP contribution in [0, 0.1) is 0 Å². The second-order valence-electron chi connectivity index (χ2n) is 5.23. The largest absolute Gasteiger partial charge is 0.397 e. The average molecular weight is 258 g/mol. The third-order valence-electron chi connectivity index (χ3n) is 3.24. The molecule has 2 aromatic rings. The lowest BCUT2D eigenvalue weighted by molar-refractivity contribution is 0.390. The van der Waals surface area contributed by atoms with Gasteiger partial charge in [0.15, 0.2) is 0 Å². The van der Waals surface area contributed by atoms with Crippen LogP contribution in [0.4, 0.5) is 11.4 Å². The fourth-order valence-electron chi connectivity index (χ4n) is 2.09. The monoisotopic (exact) mass is 258 g/mol. The van der Waals surface area contributed by atoms with E-state index in [0.29, 0.717) is 6.04 Å².